The third kappa shape index (κ3) is 4.04. The summed E-state index contributed by atoms with van der Waals surface area (Å²) in [6.45, 7) is 7.88. The average molecular weight is 471 g/mol. The number of thiophene rings is 1. The normalized spacial score (nSPS) is 16.3. The first-order chi connectivity index (χ1) is 12.6. The molecule has 2 aromatic rings. The van der Waals surface area contributed by atoms with Crippen LogP contribution < -0.4 is 14.4 Å². The number of benzene rings is 1. The van der Waals surface area contributed by atoms with Crippen molar-refractivity contribution >= 4 is 54.6 Å². The maximum atomic E-state index is 12.9. The van der Waals surface area contributed by atoms with E-state index in [1.807, 2.05) is 13.8 Å². The van der Waals surface area contributed by atoms with Crippen LogP contribution in [0, 0.1) is 5.41 Å². The van der Waals surface area contributed by atoms with Crippen LogP contribution in [0.4, 0.5) is 11.4 Å². The number of halogens is 1. The van der Waals surface area contributed by atoms with Gasteiger partial charge < -0.3 is 9.64 Å². The van der Waals surface area contributed by atoms with Gasteiger partial charge in [-0.2, -0.15) is 0 Å². The molecule has 0 saturated heterocycles. The highest BCUT2D eigenvalue weighted by atomic mass is 79.9. The van der Waals surface area contributed by atoms with Crippen LogP contribution >= 0.6 is 27.3 Å². The van der Waals surface area contributed by atoms with Gasteiger partial charge in [-0.1, -0.05) is 6.08 Å². The largest absolute Gasteiger partial charge is 0.490 e. The van der Waals surface area contributed by atoms with Crippen molar-refractivity contribution in [1.82, 2.24) is 0 Å². The number of ether oxygens (including phenoxy) is 1. The quantitative estimate of drug-likeness (QED) is 0.662. The van der Waals surface area contributed by atoms with Crippen molar-refractivity contribution in [3.63, 3.8) is 0 Å². The van der Waals surface area contributed by atoms with E-state index in [-0.39, 0.29) is 16.7 Å². The zero-order chi connectivity index (χ0) is 19.8. The predicted octanol–water partition coefficient (Wildman–Crippen LogP) is 4.25. The Labute approximate surface area is 171 Å². The molecule has 1 aromatic carbocycles. The van der Waals surface area contributed by atoms with Gasteiger partial charge in [0, 0.05) is 6.54 Å². The van der Waals surface area contributed by atoms with E-state index in [2.05, 4.69) is 27.2 Å². The van der Waals surface area contributed by atoms with Crippen molar-refractivity contribution in [1.29, 1.82) is 0 Å². The Hall–Kier alpha value is -1.84. The van der Waals surface area contributed by atoms with Gasteiger partial charge in [0.15, 0.2) is 0 Å². The van der Waals surface area contributed by atoms with Crippen LogP contribution in [-0.2, 0) is 14.8 Å². The SMILES string of the molecule is C=CCN1C(=O)C(C)(C)COc2ccc(NS(=O)(=O)c3ccc(Br)s3)cc21. The van der Waals surface area contributed by atoms with Crippen molar-refractivity contribution in [2.45, 2.75) is 18.1 Å². The fourth-order valence-electron chi connectivity index (χ4n) is 2.67. The molecule has 0 spiro atoms. The van der Waals surface area contributed by atoms with E-state index >= 15 is 0 Å². The topological polar surface area (TPSA) is 75.7 Å². The number of hydrogen-bond acceptors (Lipinski definition) is 5. The van der Waals surface area contributed by atoms with Crippen molar-refractivity contribution in [3.8, 4) is 5.75 Å². The minimum Gasteiger partial charge on any atom is -0.490 e. The van der Waals surface area contributed by atoms with Crippen LogP contribution in [-0.4, -0.2) is 27.5 Å². The molecule has 144 valence electrons. The highest BCUT2D eigenvalue weighted by Gasteiger charge is 2.37. The highest BCUT2D eigenvalue weighted by molar-refractivity contribution is 9.11. The Morgan fingerprint density at radius 3 is 2.74 bits per heavy atom. The van der Waals surface area contributed by atoms with Gasteiger partial charge in [-0.05, 0) is 60.1 Å². The summed E-state index contributed by atoms with van der Waals surface area (Å²) in [6.07, 6.45) is 1.63. The second kappa shape index (κ2) is 7.29. The van der Waals surface area contributed by atoms with Crippen LogP contribution in [0.5, 0.6) is 5.75 Å². The number of rotatable bonds is 5. The van der Waals surface area contributed by atoms with Gasteiger partial charge >= 0.3 is 0 Å². The molecule has 0 fully saturated rings. The first-order valence-electron chi connectivity index (χ1n) is 8.12. The molecular formula is C18H19BrN2O4S2. The molecule has 1 aliphatic rings. The molecule has 0 saturated carbocycles. The molecule has 1 amide bonds. The average Bonchev–Trinajstić information content (AvgIpc) is 3.02. The van der Waals surface area contributed by atoms with Gasteiger partial charge in [0.05, 0.1) is 20.6 Å². The molecule has 1 aliphatic heterocycles. The summed E-state index contributed by atoms with van der Waals surface area (Å²) in [4.78, 5) is 14.5. The van der Waals surface area contributed by atoms with Crippen LogP contribution in [0.1, 0.15) is 13.8 Å². The lowest BCUT2D eigenvalue weighted by Crippen LogP contribution is -2.42. The first kappa shape index (κ1) is 19.9. The fourth-order valence-corrected chi connectivity index (χ4v) is 5.73. The third-order valence-electron chi connectivity index (χ3n) is 4.04. The zero-order valence-corrected chi connectivity index (χ0v) is 18.1. The summed E-state index contributed by atoms with van der Waals surface area (Å²) >= 11 is 4.39. The number of anilines is 2. The van der Waals surface area contributed by atoms with Crippen LogP contribution in [0.15, 0.2) is 51.0 Å². The molecule has 0 bridgehead atoms. The summed E-state index contributed by atoms with van der Waals surface area (Å²) in [5.41, 5.74) is 0.159. The number of carbonyl (C=O) groups excluding carboxylic acids is 1. The number of fused-ring (bicyclic) bond motifs is 1. The number of carbonyl (C=O) groups is 1. The molecule has 1 N–H and O–H groups in total. The van der Waals surface area contributed by atoms with E-state index in [1.54, 1.807) is 35.2 Å². The van der Waals surface area contributed by atoms with Gasteiger partial charge in [0.1, 0.15) is 16.6 Å². The Bertz CT molecular complexity index is 999. The lowest BCUT2D eigenvalue weighted by atomic mass is 9.93. The van der Waals surface area contributed by atoms with Crippen LogP contribution in [0.3, 0.4) is 0 Å². The molecule has 0 radical (unpaired) electrons. The number of hydrogen-bond donors (Lipinski definition) is 1. The Balaban J connectivity index is 1.99. The molecule has 1 aromatic heterocycles. The standard InChI is InChI=1S/C18H19BrN2O4S2/c1-4-9-21-13-10-12(20-27(23,24)16-8-7-15(19)26-16)5-6-14(13)25-11-18(2,3)17(21)22/h4-8,10,20H,1,9,11H2,2-3H3. The summed E-state index contributed by atoms with van der Waals surface area (Å²) < 4.78 is 34.4. The Morgan fingerprint density at radius 1 is 1.37 bits per heavy atom. The van der Waals surface area contributed by atoms with E-state index < -0.39 is 15.4 Å². The van der Waals surface area contributed by atoms with E-state index in [1.165, 1.54) is 6.07 Å². The summed E-state index contributed by atoms with van der Waals surface area (Å²) in [7, 11) is -3.72. The van der Waals surface area contributed by atoms with Crippen molar-refractivity contribution in [2.24, 2.45) is 5.41 Å². The van der Waals surface area contributed by atoms with Gasteiger partial charge in [-0.25, -0.2) is 8.42 Å². The Kier molecular flexibility index (Phi) is 5.38. The van der Waals surface area contributed by atoms with Gasteiger partial charge in [-0.3, -0.25) is 9.52 Å². The summed E-state index contributed by atoms with van der Waals surface area (Å²) in [6, 6.07) is 8.10. The third-order valence-corrected chi connectivity index (χ3v) is 7.54. The summed E-state index contributed by atoms with van der Waals surface area (Å²) in [5.74, 6) is 0.418. The minimum atomic E-state index is -3.72. The zero-order valence-electron chi connectivity index (χ0n) is 14.9. The molecule has 0 unspecified atom stereocenters. The van der Waals surface area contributed by atoms with Crippen LogP contribution in [0.25, 0.3) is 0 Å². The fraction of sp³-hybridized carbons (Fsp3) is 0.278. The van der Waals surface area contributed by atoms with Crippen molar-refractivity contribution in [2.75, 3.05) is 22.8 Å². The number of amides is 1. The molecule has 6 nitrogen and oxygen atoms in total. The van der Waals surface area contributed by atoms with E-state index in [0.717, 1.165) is 15.1 Å². The van der Waals surface area contributed by atoms with Gasteiger partial charge in [0.2, 0.25) is 5.91 Å². The van der Waals surface area contributed by atoms with Gasteiger partial charge in [-0.15, -0.1) is 17.9 Å². The van der Waals surface area contributed by atoms with Crippen molar-refractivity contribution < 1.29 is 17.9 Å². The molecular weight excluding hydrogens is 452 g/mol. The molecule has 27 heavy (non-hydrogen) atoms. The maximum absolute atomic E-state index is 12.9. The molecule has 0 atom stereocenters. The lowest BCUT2D eigenvalue weighted by molar-refractivity contribution is -0.127. The number of nitrogens with zero attached hydrogens (tertiary/aromatic N) is 1. The monoisotopic (exact) mass is 470 g/mol. The number of sulfonamides is 1. The van der Waals surface area contributed by atoms with Crippen LogP contribution in [0.2, 0.25) is 0 Å². The molecule has 3 rings (SSSR count). The van der Waals surface area contributed by atoms with Crippen molar-refractivity contribution in [3.05, 3.63) is 46.8 Å². The van der Waals surface area contributed by atoms with Gasteiger partial charge in [0.25, 0.3) is 10.0 Å². The molecule has 9 heteroatoms. The minimum absolute atomic E-state index is 0.108. The second-order valence-electron chi connectivity index (χ2n) is 6.72. The van der Waals surface area contributed by atoms with E-state index in [0.29, 0.717) is 23.7 Å². The smallest absolute Gasteiger partial charge is 0.271 e. The number of nitrogens with one attached hydrogen (secondary N) is 1. The first-order valence-corrected chi connectivity index (χ1v) is 11.2. The molecule has 0 aliphatic carbocycles. The summed E-state index contributed by atoms with van der Waals surface area (Å²) in [5, 5.41) is 0. The maximum Gasteiger partial charge on any atom is 0.271 e. The Morgan fingerprint density at radius 2 is 2.11 bits per heavy atom. The highest BCUT2D eigenvalue weighted by Crippen LogP contribution is 2.38. The van der Waals surface area contributed by atoms with E-state index in [4.69, 9.17) is 4.74 Å². The predicted molar refractivity (Wildman–Crippen MR) is 111 cm³/mol. The molecule has 2 heterocycles. The van der Waals surface area contributed by atoms with E-state index in [9.17, 15) is 13.2 Å². The second-order valence-corrected chi connectivity index (χ2v) is 11.1. The lowest BCUT2D eigenvalue weighted by Gasteiger charge is -2.27.